The molecule has 1 aromatic carbocycles. The highest BCUT2D eigenvalue weighted by Crippen LogP contribution is 2.26. The molecule has 7 nitrogen and oxygen atoms in total. The van der Waals surface area contributed by atoms with Gasteiger partial charge in [-0.1, -0.05) is 36.9 Å². The lowest BCUT2D eigenvalue weighted by atomic mass is 10.1. The lowest BCUT2D eigenvalue weighted by Gasteiger charge is -2.19. The number of rotatable bonds is 8. The summed E-state index contributed by atoms with van der Waals surface area (Å²) >= 11 is 0.916. The Morgan fingerprint density at radius 3 is 2.38 bits per heavy atom. The van der Waals surface area contributed by atoms with E-state index in [-0.39, 0.29) is 23.4 Å². The number of amides is 2. The Morgan fingerprint density at radius 2 is 1.84 bits per heavy atom. The average molecular weight is 468 g/mol. The van der Waals surface area contributed by atoms with Gasteiger partial charge in [0, 0.05) is 6.20 Å². The third-order valence-corrected chi connectivity index (χ3v) is 5.56. The molecule has 0 radical (unpaired) electrons. The van der Waals surface area contributed by atoms with Gasteiger partial charge in [-0.15, -0.1) is 0 Å². The number of esters is 1. The van der Waals surface area contributed by atoms with Crippen LogP contribution in [0.1, 0.15) is 29.8 Å². The summed E-state index contributed by atoms with van der Waals surface area (Å²) in [6, 6.07) is 9.68. The Hall–Kier alpha value is -3.08. The molecule has 1 N–H and O–H groups in total. The second-order valence-corrected chi connectivity index (χ2v) is 8.05. The Morgan fingerprint density at radius 1 is 1.16 bits per heavy atom. The maximum Gasteiger partial charge on any atom is 0.490 e. The van der Waals surface area contributed by atoms with E-state index in [1.807, 2.05) is 6.92 Å². The second-order valence-electron chi connectivity index (χ2n) is 6.88. The van der Waals surface area contributed by atoms with E-state index >= 15 is 0 Å². The van der Waals surface area contributed by atoms with Crippen LogP contribution in [-0.2, 0) is 27.2 Å². The number of thioether (sulfide) groups is 1. The van der Waals surface area contributed by atoms with Gasteiger partial charge < -0.3 is 9.47 Å². The van der Waals surface area contributed by atoms with Gasteiger partial charge in [0.25, 0.3) is 5.24 Å². The van der Waals surface area contributed by atoms with Crippen LogP contribution in [0.15, 0.2) is 42.6 Å². The lowest BCUT2D eigenvalue weighted by molar-refractivity contribution is -0.206. The van der Waals surface area contributed by atoms with Crippen molar-refractivity contribution < 1.29 is 37.0 Å². The van der Waals surface area contributed by atoms with Crippen LogP contribution in [0.3, 0.4) is 0 Å². The Balaban J connectivity index is 1.66. The Kier molecular flexibility index (Phi) is 7.39. The largest absolute Gasteiger partial charge is 0.490 e. The number of ether oxygens (including phenoxy) is 2. The third-order valence-electron chi connectivity index (χ3n) is 4.58. The summed E-state index contributed by atoms with van der Waals surface area (Å²) in [7, 11) is 0. The highest BCUT2D eigenvalue weighted by atomic mass is 32.2. The molecule has 2 amide bonds. The number of aryl methyl sites for hydroxylation is 1. The number of aromatic nitrogens is 1. The fourth-order valence-corrected chi connectivity index (χ4v) is 3.71. The molecule has 3 rings (SSSR count). The van der Waals surface area contributed by atoms with Gasteiger partial charge in [0.15, 0.2) is 6.10 Å². The smallest absolute Gasteiger partial charge is 0.489 e. The van der Waals surface area contributed by atoms with Gasteiger partial charge in [-0.05, 0) is 42.2 Å². The number of hydrogen-bond donors (Lipinski definition) is 1. The normalized spacial score (nSPS) is 17.1. The number of nitrogens with one attached hydrogen (secondary N) is 1. The predicted octanol–water partition coefficient (Wildman–Crippen LogP) is 3.76. The van der Waals surface area contributed by atoms with Crippen molar-refractivity contribution in [3.8, 4) is 5.75 Å². The summed E-state index contributed by atoms with van der Waals surface area (Å²) in [6.07, 6.45) is -3.98. The first kappa shape index (κ1) is 23.6. The Labute approximate surface area is 185 Å². The van der Waals surface area contributed by atoms with Crippen molar-refractivity contribution in [2.75, 3.05) is 6.61 Å². The maximum absolute atomic E-state index is 12.7. The van der Waals surface area contributed by atoms with Gasteiger partial charge in [0.1, 0.15) is 12.4 Å². The molecule has 32 heavy (non-hydrogen) atoms. The highest BCUT2D eigenvalue weighted by molar-refractivity contribution is 8.15. The number of hydrogen-bond acceptors (Lipinski definition) is 7. The molecule has 2 aromatic rings. The van der Waals surface area contributed by atoms with Crippen molar-refractivity contribution >= 4 is 28.9 Å². The molecule has 1 fully saturated rings. The lowest BCUT2D eigenvalue weighted by Crippen LogP contribution is -2.29. The summed E-state index contributed by atoms with van der Waals surface area (Å²) in [5.74, 6) is -2.35. The topological polar surface area (TPSA) is 94.6 Å². The van der Waals surface area contributed by atoms with E-state index in [1.54, 1.807) is 30.3 Å². The standard InChI is InChI=1S/C21H19F3N2O5S/c1-2-12-5-8-15(25-10-12)16(31-19(28)21(22,23)24)11-30-14-6-3-13(4-7-14)9-17-18(27)26-20(29)32-17/h3-8,10,16-17H,2,9,11H2,1H3,(H,26,27,29). The summed E-state index contributed by atoms with van der Waals surface area (Å²) in [6.45, 7) is 1.52. The molecular weight excluding hydrogens is 449 g/mol. The number of halogens is 3. The van der Waals surface area contributed by atoms with E-state index < -0.39 is 23.5 Å². The monoisotopic (exact) mass is 468 g/mol. The van der Waals surface area contributed by atoms with Crippen molar-refractivity contribution in [2.45, 2.75) is 37.3 Å². The van der Waals surface area contributed by atoms with Crippen molar-refractivity contribution in [2.24, 2.45) is 0 Å². The molecule has 1 saturated heterocycles. The number of carbonyl (C=O) groups is 3. The van der Waals surface area contributed by atoms with E-state index in [0.29, 0.717) is 18.6 Å². The van der Waals surface area contributed by atoms with Crippen LogP contribution >= 0.6 is 11.8 Å². The molecule has 170 valence electrons. The van der Waals surface area contributed by atoms with Crippen LogP contribution in [0.5, 0.6) is 5.75 Å². The minimum atomic E-state index is -5.14. The van der Waals surface area contributed by atoms with Gasteiger partial charge in [-0.3, -0.25) is 19.9 Å². The zero-order chi connectivity index (χ0) is 23.3. The summed E-state index contributed by atoms with van der Waals surface area (Å²) in [5.41, 5.74) is 1.78. The molecule has 2 atom stereocenters. The zero-order valence-corrected chi connectivity index (χ0v) is 17.7. The minimum Gasteiger partial charge on any atom is -0.489 e. The van der Waals surface area contributed by atoms with Gasteiger partial charge >= 0.3 is 12.1 Å². The van der Waals surface area contributed by atoms with Crippen LogP contribution in [0.4, 0.5) is 18.0 Å². The van der Waals surface area contributed by atoms with Gasteiger partial charge in [0.05, 0.1) is 10.9 Å². The van der Waals surface area contributed by atoms with Crippen molar-refractivity contribution in [3.63, 3.8) is 0 Å². The van der Waals surface area contributed by atoms with E-state index in [2.05, 4.69) is 15.0 Å². The second kappa shape index (κ2) is 10.0. The average Bonchev–Trinajstić information content (AvgIpc) is 3.08. The number of nitrogens with zero attached hydrogens (tertiary/aromatic N) is 1. The molecule has 0 aliphatic carbocycles. The fraction of sp³-hybridized carbons (Fsp3) is 0.333. The van der Waals surface area contributed by atoms with E-state index in [4.69, 9.17) is 4.74 Å². The zero-order valence-electron chi connectivity index (χ0n) is 16.8. The molecule has 11 heteroatoms. The molecule has 0 spiro atoms. The number of benzene rings is 1. The third kappa shape index (κ3) is 6.22. The molecular formula is C21H19F3N2O5S. The van der Waals surface area contributed by atoms with Gasteiger partial charge in [0.2, 0.25) is 5.91 Å². The van der Waals surface area contributed by atoms with E-state index in [0.717, 1.165) is 22.9 Å². The van der Waals surface area contributed by atoms with Crippen LogP contribution in [-0.4, -0.2) is 40.1 Å². The molecule has 0 saturated carbocycles. The van der Waals surface area contributed by atoms with Crippen LogP contribution in [0.2, 0.25) is 0 Å². The Bertz CT molecular complexity index is 980. The summed E-state index contributed by atoms with van der Waals surface area (Å²) < 4.78 is 48.2. The molecule has 1 aromatic heterocycles. The molecule has 2 heterocycles. The molecule has 1 aliphatic heterocycles. The summed E-state index contributed by atoms with van der Waals surface area (Å²) in [5, 5.41) is 1.31. The van der Waals surface area contributed by atoms with Crippen LogP contribution in [0.25, 0.3) is 0 Å². The predicted molar refractivity (Wildman–Crippen MR) is 109 cm³/mol. The van der Waals surface area contributed by atoms with Gasteiger partial charge in [-0.25, -0.2) is 4.79 Å². The first-order valence-corrected chi connectivity index (χ1v) is 10.5. The van der Waals surface area contributed by atoms with Crippen molar-refractivity contribution in [3.05, 3.63) is 59.4 Å². The van der Waals surface area contributed by atoms with Crippen molar-refractivity contribution in [1.29, 1.82) is 0 Å². The van der Waals surface area contributed by atoms with Crippen molar-refractivity contribution in [1.82, 2.24) is 10.3 Å². The molecule has 1 aliphatic rings. The highest BCUT2D eigenvalue weighted by Gasteiger charge is 2.42. The first-order chi connectivity index (χ1) is 15.2. The molecule has 2 unspecified atom stereocenters. The number of imide groups is 1. The number of alkyl halides is 3. The van der Waals surface area contributed by atoms with Crippen LogP contribution < -0.4 is 10.1 Å². The minimum absolute atomic E-state index is 0.130. The maximum atomic E-state index is 12.7. The van der Waals surface area contributed by atoms with Gasteiger partial charge in [-0.2, -0.15) is 13.2 Å². The van der Waals surface area contributed by atoms with E-state index in [9.17, 15) is 27.6 Å². The quantitative estimate of drug-likeness (QED) is 0.590. The number of carbonyl (C=O) groups excluding carboxylic acids is 3. The van der Waals surface area contributed by atoms with Crippen LogP contribution in [0, 0.1) is 0 Å². The summed E-state index contributed by atoms with van der Waals surface area (Å²) in [4.78, 5) is 38.4. The first-order valence-electron chi connectivity index (χ1n) is 9.61. The number of pyridine rings is 1. The molecule has 0 bridgehead atoms. The fourth-order valence-electron chi connectivity index (χ4n) is 2.85. The van der Waals surface area contributed by atoms with E-state index in [1.165, 1.54) is 12.3 Å². The SMILES string of the molecule is CCc1ccc(C(COc2ccc(CC3SC(=O)NC3=O)cc2)OC(=O)C(F)(F)F)nc1.